The summed E-state index contributed by atoms with van der Waals surface area (Å²) < 4.78 is 0. The highest BCUT2D eigenvalue weighted by Gasteiger charge is 2.10. The molecule has 13 heavy (non-hydrogen) atoms. The van der Waals surface area contributed by atoms with Crippen molar-refractivity contribution >= 4 is 0 Å². The fourth-order valence-electron chi connectivity index (χ4n) is 2.00. The van der Waals surface area contributed by atoms with E-state index in [4.69, 9.17) is 0 Å². The normalized spacial score (nSPS) is 22.0. The molecule has 0 N–H and O–H groups in total. The summed E-state index contributed by atoms with van der Waals surface area (Å²) >= 11 is 0. The lowest BCUT2D eigenvalue weighted by atomic mass is 9.93. The quantitative estimate of drug-likeness (QED) is 0.562. The highest BCUT2D eigenvalue weighted by atomic mass is 14.2. The van der Waals surface area contributed by atoms with Crippen molar-refractivity contribution in [3.63, 3.8) is 0 Å². The molecule has 0 amide bonds. The van der Waals surface area contributed by atoms with Gasteiger partial charge in [-0.05, 0) is 44.3 Å². The van der Waals surface area contributed by atoms with E-state index in [-0.39, 0.29) is 0 Å². The van der Waals surface area contributed by atoms with E-state index >= 15 is 0 Å². The van der Waals surface area contributed by atoms with Crippen molar-refractivity contribution in [1.82, 2.24) is 0 Å². The fraction of sp³-hybridized carbons (Fsp3) is 0.385. The Morgan fingerprint density at radius 3 is 2.23 bits per heavy atom. The second-order valence-corrected chi connectivity index (χ2v) is 3.98. The molecule has 2 aliphatic carbocycles. The maximum absolute atomic E-state index is 2.34. The predicted molar refractivity (Wildman–Crippen MR) is 57.5 cm³/mol. The maximum atomic E-state index is 2.34. The zero-order chi connectivity index (χ0) is 9.26. The molecule has 0 unspecified atom stereocenters. The Labute approximate surface area is 80.3 Å². The summed E-state index contributed by atoms with van der Waals surface area (Å²) in [7, 11) is 0. The van der Waals surface area contributed by atoms with Gasteiger partial charge in [0, 0.05) is 0 Å². The van der Waals surface area contributed by atoms with Crippen LogP contribution in [0.2, 0.25) is 0 Å². The summed E-state index contributed by atoms with van der Waals surface area (Å²) in [6.45, 7) is 4.37. The smallest absolute Gasteiger partial charge is 0.00889 e. The van der Waals surface area contributed by atoms with Gasteiger partial charge in [-0.1, -0.05) is 35.5 Å². The Kier molecular flexibility index (Phi) is 2.22. The van der Waals surface area contributed by atoms with E-state index in [0.29, 0.717) is 0 Å². The molecule has 0 aromatic rings. The molecule has 0 aromatic heterocycles. The summed E-state index contributed by atoms with van der Waals surface area (Å²) in [5, 5.41) is 0. The van der Waals surface area contributed by atoms with Crippen LogP contribution in [-0.4, -0.2) is 0 Å². The lowest BCUT2D eigenvalue weighted by Crippen LogP contribution is -1.92. The first kappa shape index (κ1) is 8.55. The van der Waals surface area contributed by atoms with Crippen molar-refractivity contribution in [2.24, 2.45) is 0 Å². The van der Waals surface area contributed by atoms with Gasteiger partial charge in [-0.3, -0.25) is 0 Å². The second-order valence-electron chi connectivity index (χ2n) is 3.98. The zero-order valence-corrected chi connectivity index (χ0v) is 8.43. The number of allylic oxidation sites excluding steroid dienone is 8. The van der Waals surface area contributed by atoms with Crippen LogP contribution in [0.5, 0.6) is 0 Å². The SMILES string of the molecule is CC1=CCCC(C2=CC(C)=CC2)=C1. The lowest BCUT2D eigenvalue weighted by molar-refractivity contribution is 0.943. The van der Waals surface area contributed by atoms with E-state index in [2.05, 4.69) is 38.2 Å². The lowest BCUT2D eigenvalue weighted by Gasteiger charge is -2.12. The first-order chi connectivity index (χ1) is 6.25. The van der Waals surface area contributed by atoms with Crippen molar-refractivity contribution in [3.8, 4) is 0 Å². The molecule has 0 radical (unpaired) electrons. The van der Waals surface area contributed by atoms with Crippen molar-refractivity contribution in [1.29, 1.82) is 0 Å². The Bertz CT molecular complexity index is 335. The third-order valence-corrected chi connectivity index (χ3v) is 2.74. The molecule has 0 saturated carbocycles. The summed E-state index contributed by atoms with van der Waals surface area (Å²) in [5.74, 6) is 0. The molecule has 0 aromatic carbocycles. The Morgan fingerprint density at radius 2 is 1.62 bits per heavy atom. The van der Waals surface area contributed by atoms with Gasteiger partial charge in [0.15, 0.2) is 0 Å². The van der Waals surface area contributed by atoms with E-state index < -0.39 is 0 Å². The summed E-state index contributed by atoms with van der Waals surface area (Å²) in [6, 6.07) is 0. The molecule has 0 aliphatic heterocycles. The summed E-state index contributed by atoms with van der Waals surface area (Å²) in [6.07, 6.45) is 12.9. The van der Waals surface area contributed by atoms with Gasteiger partial charge in [0.1, 0.15) is 0 Å². The van der Waals surface area contributed by atoms with E-state index in [1.165, 1.54) is 29.6 Å². The summed E-state index contributed by atoms with van der Waals surface area (Å²) in [4.78, 5) is 0. The second kappa shape index (κ2) is 3.37. The van der Waals surface area contributed by atoms with E-state index in [1.54, 1.807) is 5.57 Å². The van der Waals surface area contributed by atoms with Crippen molar-refractivity contribution in [2.75, 3.05) is 0 Å². The van der Waals surface area contributed by atoms with Crippen LogP contribution in [0, 0.1) is 0 Å². The average Bonchev–Trinajstić information content (AvgIpc) is 2.52. The van der Waals surface area contributed by atoms with Gasteiger partial charge in [-0.15, -0.1) is 0 Å². The van der Waals surface area contributed by atoms with Crippen LogP contribution in [-0.2, 0) is 0 Å². The monoisotopic (exact) mass is 172 g/mol. The maximum Gasteiger partial charge on any atom is -0.00889 e. The third kappa shape index (κ3) is 1.82. The highest BCUT2D eigenvalue weighted by molar-refractivity contribution is 5.46. The third-order valence-electron chi connectivity index (χ3n) is 2.74. The molecule has 0 saturated heterocycles. The fourth-order valence-corrected chi connectivity index (χ4v) is 2.00. The number of hydrogen-bond donors (Lipinski definition) is 0. The van der Waals surface area contributed by atoms with Gasteiger partial charge in [0.05, 0.1) is 0 Å². The van der Waals surface area contributed by atoms with Crippen LogP contribution in [0.3, 0.4) is 0 Å². The topological polar surface area (TPSA) is 0 Å². The molecule has 0 spiro atoms. The van der Waals surface area contributed by atoms with Gasteiger partial charge in [0.25, 0.3) is 0 Å². The van der Waals surface area contributed by atoms with Crippen LogP contribution < -0.4 is 0 Å². The Balaban J connectivity index is 2.19. The van der Waals surface area contributed by atoms with E-state index in [1.807, 2.05) is 0 Å². The van der Waals surface area contributed by atoms with Gasteiger partial charge in [-0.25, -0.2) is 0 Å². The number of hydrogen-bond acceptors (Lipinski definition) is 0. The van der Waals surface area contributed by atoms with Gasteiger partial charge in [0.2, 0.25) is 0 Å². The van der Waals surface area contributed by atoms with Crippen molar-refractivity contribution in [3.05, 3.63) is 46.6 Å². The minimum absolute atomic E-state index is 1.14. The first-order valence-corrected chi connectivity index (χ1v) is 5.01. The van der Waals surface area contributed by atoms with Crippen molar-refractivity contribution < 1.29 is 0 Å². The molecule has 0 fully saturated rings. The minimum atomic E-state index is 1.14. The molecule has 2 rings (SSSR count). The molecule has 0 atom stereocenters. The van der Waals surface area contributed by atoms with Crippen LogP contribution in [0.15, 0.2) is 46.6 Å². The molecule has 0 bridgehead atoms. The average molecular weight is 172 g/mol. The molecule has 0 nitrogen and oxygen atoms in total. The van der Waals surface area contributed by atoms with Crippen LogP contribution in [0.1, 0.15) is 33.1 Å². The van der Waals surface area contributed by atoms with Crippen LogP contribution in [0.4, 0.5) is 0 Å². The highest BCUT2D eigenvalue weighted by Crippen LogP contribution is 2.30. The van der Waals surface area contributed by atoms with Gasteiger partial charge < -0.3 is 0 Å². The largest absolute Gasteiger partial charge is 0.0813 e. The predicted octanol–water partition coefficient (Wildman–Crippen LogP) is 3.93. The van der Waals surface area contributed by atoms with Gasteiger partial charge in [-0.2, -0.15) is 0 Å². The van der Waals surface area contributed by atoms with E-state index in [0.717, 1.165) is 6.42 Å². The van der Waals surface area contributed by atoms with Crippen molar-refractivity contribution in [2.45, 2.75) is 33.1 Å². The number of rotatable bonds is 1. The Morgan fingerprint density at radius 1 is 0.923 bits per heavy atom. The molecule has 2 aliphatic rings. The minimum Gasteiger partial charge on any atom is -0.0813 e. The van der Waals surface area contributed by atoms with E-state index in [9.17, 15) is 0 Å². The van der Waals surface area contributed by atoms with Gasteiger partial charge >= 0.3 is 0 Å². The standard InChI is InChI=1S/C13H16/c1-10-4-3-5-12(8-10)13-7-6-11(2)9-13/h4,6,8-9H,3,5,7H2,1-2H3. The van der Waals surface area contributed by atoms with Crippen LogP contribution >= 0.6 is 0 Å². The zero-order valence-electron chi connectivity index (χ0n) is 8.43. The summed E-state index contributed by atoms with van der Waals surface area (Å²) in [5.41, 5.74) is 5.92. The Hall–Kier alpha value is -1.04. The molecular weight excluding hydrogens is 156 g/mol. The molecule has 0 heterocycles. The molecule has 68 valence electrons. The van der Waals surface area contributed by atoms with Crippen LogP contribution in [0.25, 0.3) is 0 Å². The molecular formula is C13H16. The first-order valence-electron chi connectivity index (χ1n) is 5.01. The molecule has 0 heteroatoms.